The largest absolute Gasteiger partial charge is 0.300 e. The molecular weight excluding hydrogens is 100 g/mol. The zero-order valence-electron chi connectivity index (χ0n) is 5.63. The lowest BCUT2D eigenvalue weighted by molar-refractivity contribution is 1.10. The Morgan fingerprint density at radius 3 is 1.75 bits per heavy atom. The molecule has 0 aromatic heterocycles. The van der Waals surface area contributed by atoms with Crippen LogP contribution in [0.15, 0.2) is 9.98 Å². The summed E-state index contributed by atoms with van der Waals surface area (Å²) in [5.41, 5.74) is 0. The Morgan fingerprint density at radius 2 is 1.50 bits per heavy atom. The van der Waals surface area contributed by atoms with Gasteiger partial charge in [0.25, 0.3) is 0 Å². The average Bonchev–Trinajstić information content (AvgIpc) is 1.68. The van der Waals surface area contributed by atoms with E-state index in [1.54, 1.807) is 14.1 Å². The SMILES string of the molecule is C/N=C/C(C)/C=N/C. The first-order chi connectivity index (χ1) is 3.81. The maximum atomic E-state index is 3.84. The van der Waals surface area contributed by atoms with Crippen LogP contribution >= 0.6 is 0 Å². The zero-order chi connectivity index (χ0) is 6.41. The molecule has 0 aliphatic heterocycles. The summed E-state index contributed by atoms with van der Waals surface area (Å²) in [6, 6.07) is 0. The molecule has 46 valence electrons. The van der Waals surface area contributed by atoms with E-state index in [1.807, 2.05) is 19.4 Å². The standard InChI is InChI=1S/C6H12N2/c1-6(4-7-2)5-8-3/h4-6H,1-3H3/b7-4+,8-5+. The minimum Gasteiger partial charge on any atom is -0.300 e. The maximum absolute atomic E-state index is 3.84. The molecule has 0 saturated heterocycles. The number of nitrogens with zero attached hydrogens (tertiary/aromatic N) is 2. The first-order valence-electron chi connectivity index (χ1n) is 2.65. The molecule has 0 aliphatic carbocycles. The van der Waals surface area contributed by atoms with Gasteiger partial charge in [-0.2, -0.15) is 0 Å². The Hall–Kier alpha value is -0.660. The number of rotatable bonds is 2. The van der Waals surface area contributed by atoms with E-state index in [0.717, 1.165) is 0 Å². The van der Waals surface area contributed by atoms with Crippen LogP contribution in [0.5, 0.6) is 0 Å². The van der Waals surface area contributed by atoms with Crippen LogP contribution in [0.3, 0.4) is 0 Å². The van der Waals surface area contributed by atoms with Gasteiger partial charge in [0.05, 0.1) is 0 Å². The Bertz CT molecular complexity index is 82.7. The van der Waals surface area contributed by atoms with Gasteiger partial charge in [0, 0.05) is 32.4 Å². The van der Waals surface area contributed by atoms with Gasteiger partial charge in [-0.3, -0.25) is 0 Å². The normalized spacial score (nSPS) is 12.5. The van der Waals surface area contributed by atoms with E-state index in [9.17, 15) is 0 Å². The molecule has 0 heterocycles. The van der Waals surface area contributed by atoms with Gasteiger partial charge in [-0.1, -0.05) is 6.92 Å². The van der Waals surface area contributed by atoms with Crippen molar-refractivity contribution in [2.45, 2.75) is 6.92 Å². The van der Waals surface area contributed by atoms with Crippen LogP contribution < -0.4 is 0 Å². The van der Waals surface area contributed by atoms with Gasteiger partial charge in [0.15, 0.2) is 0 Å². The van der Waals surface area contributed by atoms with Gasteiger partial charge >= 0.3 is 0 Å². The van der Waals surface area contributed by atoms with Gasteiger partial charge in [-0.25, -0.2) is 0 Å². The molecule has 0 aliphatic rings. The highest BCUT2D eigenvalue weighted by atomic mass is 14.7. The van der Waals surface area contributed by atoms with Crippen molar-refractivity contribution in [1.29, 1.82) is 0 Å². The minimum absolute atomic E-state index is 0.380. The highest BCUT2D eigenvalue weighted by Gasteiger charge is 1.86. The molecule has 2 nitrogen and oxygen atoms in total. The summed E-state index contributed by atoms with van der Waals surface area (Å²) in [5.74, 6) is 0.380. The van der Waals surface area contributed by atoms with Crippen LogP contribution in [0, 0.1) is 5.92 Å². The number of hydrogen-bond acceptors (Lipinski definition) is 2. The van der Waals surface area contributed by atoms with Crippen molar-refractivity contribution in [1.82, 2.24) is 0 Å². The van der Waals surface area contributed by atoms with Crippen molar-refractivity contribution in [2.75, 3.05) is 14.1 Å². The molecule has 0 amide bonds. The Labute approximate surface area is 50.4 Å². The van der Waals surface area contributed by atoms with Crippen LogP contribution in [-0.2, 0) is 0 Å². The van der Waals surface area contributed by atoms with E-state index in [4.69, 9.17) is 0 Å². The van der Waals surface area contributed by atoms with Crippen molar-refractivity contribution >= 4 is 12.4 Å². The summed E-state index contributed by atoms with van der Waals surface area (Å²) in [7, 11) is 3.53. The van der Waals surface area contributed by atoms with Gasteiger partial charge in [0.1, 0.15) is 0 Å². The highest BCUT2D eigenvalue weighted by molar-refractivity contribution is 5.82. The summed E-state index contributed by atoms with van der Waals surface area (Å²) < 4.78 is 0. The van der Waals surface area contributed by atoms with E-state index in [0.29, 0.717) is 5.92 Å². The molecule has 2 heteroatoms. The maximum Gasteiger partial charge on any atom is 0.0273 e. The van der Waals surface area contributed by atoms with Crippen molar-refractivity contribution in [2.24, 2.45) is 15.9 Å². The lowest BCUT2D eigenvalue weighted by Crippen LogP contribution is -1.95. The van der Waals surface area contributed by atoms with Crippen molar-refractivity contribution in [3.63, 3.8) is 0 Å². The van der Waals surface area contributed by atoms with Crippen LogP contribution in [0.25, 0.3) is 0 Å². The van der Waals surface area contributed by atoms with E-state index in [1.165, 1.54) is 0 Å². The topological polar surface area (TPSA) is 24.7 Å². The van der Waals surface area contributed by atoms with Crippen molar-refractivity contribution in [3.05, 3.63) is 0 Å². The Morgan fingerprint density at radius 1 is 1.12 bits per heavy atom. The average molecular weight is 112 g/mol. The predicted octanol–water partition coefficient (Wildman–Crippen LogP) is 1.02. The first kappa shape index (κ1) is 7.34. The van der Waals surface area contributed by atoms with Crippen LogP contribution in [0.2, 0.25) is 0 Å². The summed E-state index contributed by atoms with van der Waals surface area (Å²) in [6.07, 6.45) is 3.71. The van der Waals surface area contributed by atoms with Crippen LogP contribution in [0.4, 0.5) is 0 Å². The van der Waals surface area contributed by atoms with Gasteiger partial charge in [-0.15, -0.1) is 0 Å². The third-order valence-corrected chi connectivity index (χ3v) is 0.768. The third-order valence-electron chi connectivity index (χ3n) is 0.768. The van der Waals surface area contributed by atoms with E-state index >= 15 is 0 Å². The lowest BCUT2D eigenvalue weighted by atomic mass is 10.2. The molecule has 0 spiro atoms. The highest BCUT2D eigenvalue weighted by Crippen LogP contribution is 1.82. The Kier molecular flexibility index (Phi) is 4.13. The molecule has 0 radical (unpaired) electrons. The molecule has 0 rings (SSSR count). The summed E-state index contributed by atoms with van der Waals surface area (Å²) >= 11 is 0. The fourth-order valence-corrected chi connectivity index (χ4v) is 0.509. The van der Waals surface area contributed by atoms with Crippen LogP contribution in [0.1, 0.15) is 6.92 Å². The quantitative estimate of drug-likeness (QED) is 0.476. The molecule has 0 aromatic carbocycles. The molecule has 0 atom stereocenters. The molecule has 0 saturated carbocycles. The van der Waals surface area contributed by atoms with Crippen LogP contribution in [-0.4, -0.2) is 26.5 Å². The van der Waals surface area contributed by atoms with Gasteiger partial charge in [-0.05, 0) is 0 Å². The van der Waals surface area contributed by atoms with Gasteiger partial charge in [0.2, 0.25) is 0 Å². The number of aliphatic imine (C=N–C) groups is 2. The third kappa shape index (κ3) is 3.53. The molecule has 8 heavy (non-hydrogen) atoms. The first-order valence-corrected chi connectivity index (χ1v) is 2.65. The fraction of sp³-hybridized carbons (Fsp3) is 0.667. The smallest absolute Gasteiger partial charge is 0.0273 e. The molecule has 0 aromatic rings. The molecule has 0 fully saturated rings. The van der Waals surface area contributed by atoms with Crippen molar-refractivity contribution < 1.29 is 0 Å². The molecular formula is C6H12N2. The summed E-state index contributed by atoms with van der Waals surface area (Å²) in [6.45, 7) is 2.04. The Balaban J connectivity index is 3.47. The predicted molar refractivity (Wildman–Crippen MR) is 38.0 cm³/mol. The van der Waals surface area contributed by atoms with Gasteiger partial charge < -0.3 is 9.98 Å². The minimum atomic E-state index is 0.380. The summed E-state index contributed by atoms with van der Waals surface area (Å²) in [5, 5.41) is 0. The zero-order valence-corrected chi connectivity index (χ0v) is 5.63. The second-order valence-corrected chi connectivity index (χ2v) is 1.67. The molecule has 0 N–H and O–H groups in total. The number of hydrogen-bond donors (Lipinski definition) is 0. The van der Waals surface area contributed by atoms with E-state index in [-0.39, 0.29) is 0 Å². The summed E-state index contributed by atoms with van der Waals surface area (Å²) in [4.78, 5) is 7.68. The second-order valence-electron chi connectivity index (χ2n) is 1.67. The fourth-order valence-electron chi connectivity index (χ4n) is 0.509. The monoisotopic (exact) mass is 112 g/mol. The molecule has 0 unspecified atom stereocenters. The van der Waals surface area contributed by atoms with E-state index < -0.39 is 0 Å². The second kappa shape index (κ2) is 4.50. The lowest BCUT2D eigenvalue weighted by Gasteiger charge is -1.90. The van der Waals surface area contributed by atoms with Crippen molar-refractivity contribution in [3.8, 4) is 0 Å². The van der Waals surface area contributed by atoms with E-state index in [2.05, 4.69) is 9.98 Å². The molecule has 0 bridgehead atoms.